The third-order valence-electron chi connectivity index (χ3n) is 3.20. The van der Waals surface area contributed by atoms with Crippen LogP contribution in [0.5, 0.6) is 0 Å². The van der Waals surface area contributed by atoms with Crippen LogP contribution in [0.2, 0.25) is 0 Å². The quantitative estimate of drug-likeness (QED) is 0.835. The Balaban J connectivity index is 1.67. The molecule has 0 aromatic carbocycles. The normalized spacial score (nSPS) is 19.2. The molecular weight excluding hydrogens is 345 g/mol. The van der Waals surface area contributed by atoms with Gasteiger partial charge in [-0.05, 0) is 71.0 Å². The lowest BCUT2D eigenvalue weighted by atomic mass is 9.94. The van der Waals surface area contributed by atoms with Gasteiger partial charge in [-0.2, -0.15) is 0 Å². The first-order chi connectivity index (χ1) is 8.33. The summed E-state index contributed by atoms with van der Waals surface area (Å²) in [5, 5.41) is 5.81. The molecule has 0 fully saturated rings. The molecule has 1 N–H and O–H groups in total. The molecule has 2 nitrogen and oxygen atoms in total. The van der Waals surface area contributed by atoms with Crippen LogP contribution in [0.3, 0.4) is 0 Å². The number of thiophene rings is 1. The van der Waals surface area contributed by atoms with Gasteiger partial charge in [0.15, 0.2) is 3.77 Å². The predicted molar refractivity (Wildman–Crippen MR) is 78.3 cm³/mol. The second kappa shape index (κ2) is 5.12. The molecule has 0 spiro atoms. The lowest BCUT2D eigenvalue weighted by Gasteiger charge is -2.23. The van der Waals surface area contributed by atoms with E-state index in [4.69, 9.17) is 4.42 Å². The largest absolute Gasteiger partial charge is 0.454 e. The molecule has 0 radical (unpaired) electrons. The van der Waals surface area contributed by atoms with Crippen molar-refractivity contribution >= 4 is 33.9 Å². The number of furan rings is 1. The van der Waals surface area contributed by atoms with Crippen LogP contribution in [0.15, 0.2) is 28.0 Å². The molecule has 0 saturated carbocycles. The highest BCUT2D eigenvalue weighted by atomic mass is 127. The van der Waals surface area contributed by atoms with Crippen LogP contribution in [-0.4, -0.2) is 0 Å². The molecule has 3 rings (SSSR count). The van der Waals surface area contributed by atoms with Crippen molar-refractivity contribution in [3.63, 3.8) is 0 Å². The van der Waals surface area contributed by atoms with E-state index in [2.05, 4.69) is 39.4 Å². The molecule has 17 heavy (non-hydrogen) atoms. The molecule has 1 aliphatic carbocycles. The second-order valence-corrected chi connectivity index (χ2v) is 6.39. The molecular formula is C13H14INOS. The second-order valence-electron chi connectivity index (χ2n) is 4.33. The fraction of sp³-hybridized carbons (Fsp3) is 0.385. The van der Waals surface area contributed by atoms with Crippen molar-refractivity contribution in [2.24, 2.45) is 0 Å². The van der Waals surface area contributed by atoms with E-state index >= 15 is 0 Å². The van der Waals surface area contributed by atoms with Gasteiger partial charge in [-0.3, -0.25) is 0 Å². The summed E-state index contributed by atoms with van der Waals surface area (Å²) in [5.74, 6) is 1.02. The molecule has 1 aliphatic rings. The van der Waals surface area contributed by atoms with Crippen molar-refractivity contribution < 1.29 is 4.42 Å². The SMILES string of the molecule is Ic1ccc(CNC2CCCc3sccc32)o1. The van der Waals surface area contributed by atoms with Gasteiger partial charge in [0.25, 0.3) is 0 Å². The zero-order valence-electron chi connectivity index (χ0n) is 9.41. The molecule has 1 atom stereocenters. The highest BCUT2D eigenvalue weighted by Gasteiger charge is 2.20. The van der Waals surface area contributed by atoms with E-state index in [-0.39, 0.29) is 0 Å². The van der Waals surface area contributed by atoms with Gasteiger partial charge in [0.1, 0.15) is 5.76 Å². The lowest BCUT2D eigenvalue weighted by Crippen LogP contribution is -2.23. The molecule has 2 heterocycles. The summed E-state index contributed by atoms with van der Waals surface area (Å²) in [4.78, 5) is 1.56. The fourth-order valence-electron chi connectivity index (χ4n) is 2.37. The van der Waals surface area contributed by atoms with Crippen LogP contribution in [0, 0.1) is 3.77 Å². The van der Waals surface area contributed by atoms with Crippen molar-refractivity contribution in [3.8, 4) is 0 Å². The summed E-state index contributed by atoms with van der Waals surface area (Å²) in [6.45, 7) is 0.822. The fourth-order valence-corrected chi connectivity index (χ4v) is 3.82. The van der Waals surface area contributed by atoms with Gasteiger partial charge < -0.3 is 9.73 Å². The standard InChI is InChI=1S/C13H14INOS/c14-13-5-4-9(16-13)8-15-11-2-1-3-12-10(11)6-7-17-12/h4-7,11,15H,1-3,8H2. The van der Waals surface area contributed by atoms with Gasteiger partial charge in [0.05, 0.1) is 6.54 Å². The number of halogens is 1. The minimum Gasteiger partial charge on any atom is -0.454 e. The number of nitrogens with one attached hydrogen (secondary N) is 1. The van der Waals surface area contributed by atoms with E-state index in [1.165, 1.54) is 24.8 Å². The number of hydrogen-bond donors (Lipinski definition) is 1. The van der Waals surface area contributed by atoms with E-state index < -0.39 is 0 Å². The van der Waals surface area contributed by atoms with Crippen LogP contribution < -0.4 is 5.32 Å². The molecule has 2 aromatic heterocycles. The van der Waals surface area contributed by atoms with Gasteiger partial charge in [-0.1, -0.05) is 0 Å². The molecule has 4 heteroatoms. The van der Waals surface area contributed by atoms with Gasteiger partial charge in [0.2, 0.25) is 0 Å². The number of fused-ring (bicyclic) bond motifs is 1. The van der Waals surface area contributed by atoms with Crippen LogP contribution in [-0.2, 0) is 13.0 Å². The maximum atomic E-state index is 5.57. The molecule has 0 amide bonds. The Morgan fingerprint density at radius 3 is 3.18 bits per heavy atom. The average molecular weight is 359 g/mol. The number of hydrogen-bond acceptors (Lipinski definition) is 3. The van der Waals surface area contributed by atoms with Crippen molar-refractivity contribution in [3.05, 3.63) is 43.5 Å². The predicted octanol–water partition coefficient (Wildman–Crippen LogP) is 4.11. The summed E-state index contributed by atoms with van der Waals surface area (Å²) in [6.07, 6.45) is 3.78. The van der Waals surface area contributed by atoms with Crippen molar-refractivity contribution in [1.82, 2.24) is 5.32 Å². The van der Waals surface area contributed by atoms with Gasteiger partial charge >= 0.3 is 0 Å². The van der Waals surface area contributed by atoms with E-state index in [9.17, 15) is 0 Å². The molecule has 1 unspecified atom stereocenters. The van der Waals surface area contributed by atoms with Crippen LogP contribution >= 0.6 is 33.9 Å². The summed E-state index contributed by atoms with van der Waals surface area (Å²) in [6, 6.07) is 6.83. The summed E-state index contributed by atoms with van der Waals surface area (Å²) in [5.41, 5.74) is 1.50. The van der Waals surface area contributed by atoms with E-state index in [0.29, 0.717) is 6.04 Å². The Bertz CT molecular complexity index is 505. The van der Waals surface area contributed by atoms with Gasteiger partial charge in [0, 0.05) is 10.9 Å². The Kier molecular flexibility index (Phi) is 3.54. The molecule has 0 saturated heterocycles. The van der Waals surface area contributed by atoms with Crippen molar-refractivity contribution in [1.29, 1.82) is 0 Å². The van der Waals surface area contributed by atoms with Crippen LogP contribution in [0.1, 0.15) is 35.1 Å². The first-order valence-electron chi connectivity index (χ1n) is 5.87. The van der Waals surface area contributed by atoms with Crippen molar-refractivity contribution in [2.45, 2.75) is 31.8 Å². The average Bonchev–Trinajstić information content (AvgIpc) is 2.94. The Morgan fingerprint density at radius 2 is 2.35 bits per heavy atom. The van der Waals surface area contributed by atoms with Gasteiger partial charge in [-0.15, -0.1) is 11.3 Å². The molecule has 0 aliphatic heterocycles. The monoisotopic (exact) mass is 359 g/mol. The smallest absolute Gasteiger partial charge is 0.164 e. The maximum Gasteiger partial charge on any atom is 0.164 e. The zero-order chi connectivity index (χ0) is 11.7. The zero-order valence-corrected chi connectivity index (χ0v) is 12.4. The molecule has 2 aromatic rings. The van der Waals surface area contributed by atoms with E-state index in [0.717, 1.165) is 16.1 Å². The van der Waals surface area contributed by atoms with E-state index in [1.807, 2.05) is 23.5 Å². The Morgan fingerprint density at radius 1 is 1.41 bits per heavy atom. The van der Waals surface area contributed by atoms with Crippen molar-refractivity contribution in [2.75, 3.05) is 0 Å². The van der Waals surface area contributed by atoms with E-state index in [1.54, 1.807) is 4.88 Å². The maximum absolute atomic E-state index is 5.57. The molecule has 90 valence electrons. The topological polar surface area (TPSA) is 25.2 Å². The minimum atomic E-state index is 0.507. The first kappa shape index (κ1) is 11.7. The molecule has 0 bridgehead atoms. The summed E-state index contributed by atoms with van der Waals surface area (Å²) >= 11 is 4.09. The third-order valence-corrected chi connectivity index (χ3v) is 4.78. The van der Waals surface area contributed by atoms with Crippen LogP contribution in [0.4, 0.5) is 0 Å². The highest BCUT2D eigenvalue weighted by molar-refractivity contribution is 14.1. The number of aryl methyl sites for hydroxylation is 1. The first-order valence-corrected chi connectivity index (χ1v) is 7.82. The third kappa shape index (κ3) is 2.58. The Labute approximate surface area is 119 Å². The Hall–Kier alpha value is -0.330. The minimum absolute atomic E-state index is 0.507. The summed E-state index contributed by atoms with van der Waals surface area (Å²) < 4.78 is 6.53. The lowest BCUT2D eigenvalue weighted by molar-refractivity contribution is 0.411. The van der Waals surface area contributed by atoms with Crippen LogP contribution in [0.25, 0.3) is 0 Å². The highest BCUT2D eigenvalue weighted by Crippen LogP contribution is 2.33. The number of rotatable bonds is 3. The summed E-state index contributed by atoms with van der Waals surface area (Å²) in [7, 11) is 0. The van der Waals surface area contributed by atoms with Gasteiger partial charge in [-0.25, -0.2) is 0 Å².